The fraction of sp³-hybridized carbons (Fsp3) is 0.513. The van der Waals surface area contributed by atoms with Gasteiger partial charge in [-0.3, -0.25) is 14.4 Å². The van der Waals surface area contributed by atoms with E-state index in [0.29, 0.717) is 17.7 Å². The fourth-order valence-corrected chi connectivity index (χ4v) is 10.2. The van der Waals surface area contributed by atoms with Crippen LogP contribution in [0.25, 0.3) is 0 Å². The molecule has 0 aliphatic heterocycles. The van der Waals surface area contributed by atoms with Crippen LogP contribution in [-0.2, 0) is 36.7 Å². The van der Waals surface area contributed by atoms with E-state index in [1.165, 1.54) is 24.8 Å². The Balaban J connectivity index is 1.45. The van der Waals surface area contributed by atoms with Gasteiger partial charge in [0.1, 0.15) is 35.0 Å². The molecule has 0 bridgehead atoms. The molecule has 14 heteroatoms. The number of thioether (sulfide) groups is 1. The largest absolute Gasteiger partial charge is 0.457 e. The monoisotopic (exact) mass is 762 g/mol. The summed E-state index contributed by atoms with van der Waals surface area (Å²) < 4.78 is 69.0. The predicted molar refractivity (Wildman–Crippen MR) is 184 cm³/mol. The SMILES string of the molecule is CC1=C[C@H]2[C@@]3(O)[C@H](C)[C@@H](OC(=O)Cc4ccc(F)cc4F)[C@]4(OC(=O)Cc5ccc(F)cc5F)[C@H]([C@@H]3C=C(CSCC(O)CO)C[C@]2(O)C1=O)C4(C)C. The highest BCUT2D eigenvalue weighted by Gasteiger charge is 2.88. The lowest BCUT2D eigenvalue weighted by atomic mass is 9.59. The summed E-state index contributed by atoms with van der Waals surface area (Å²) in [5.74, 6) is -10.0. The maximum Gasteiger partial charge on any atom is 0.311 e. The summed E-state index contributed by atoms with van der Waals surface area (Å²) in [6.07, 6.45) is -0.691. The number of ether oxygens (including phenoxy) is 2. The lowest BCUT2D eigenvalue weighted by molar-refractivity contribution is -0.228. The first-order chi connectivity index (χ1) is 24.8. The van der Waals surface area contributed by atoms with E-state index in [1.54, 1.807) is 26.8 Å². The van der Waals surface area contributed by atoms with Crippen LogP contribution >= 0.6 is 11.8 Å². The second-order valence-corrected chi connectivity index (χ2v) is 16.4. The summed E-state index contributed by atoms with van der Waals surface area (Å²) in [5, 5.41) is 44.6. The summed E-state index contributed by atoms with van der Waals surface area (Å²) in [5.41, 5.74) is -6.46. The van der Waals surface area contributed by atoms with Gasteiger partial charge in [-0.05, 0) is 35.8 Å². The van der Waals surface area contributed by atoms with Crippen molar-refractivity contribution in [2.45, 2.75) is 76.0 Å². The second kappa shape index (κ2) is 13.9. The first-order valence-electron chi connectivity index (χ1n) is 17.3. The molecule has 0 amide bonds. The van der Waals surface area contributed by atoms with E-state index in [2.05, 4.69) is 0 Å². The standard InChI is InChI=1S/C39H42F4O9S/c1-19-9-30-37(49,34(19)48)15-21(17-53-18-26(45)16-44)10-27-33-36(3,4)39(33,52-32(47)12-23-6-8-25(41)14-29(23)43)35(20(2)38(27,30)50)51-31(46)11-22-5-7-24(40)13-28(22)42/h5-10,13-14,20,26-27,30,33,35,44-45,49-50H,11-12,15-18H2,1-4H3/t20-,26?,27+,30-,33-,35-,37-,38-,39-/m1/s1. The van der Waals surface area contributed by atoms with Crippen molar-refractivity contribution >= 4 is 29.5 Å². The van der Waals surface area contributed by atoms with Crippen molar-refractivity contribution in [1.82, 2.24) is 0 Å². The fourth-order valence-electron chi connectivity index (χ4n) is 9.24. The molecule has 0 heterocycles. The van der Waals surface area contributed by atoms with E-state index in [4.69, 9.17) is 9.47 Å². The van der Waals surface area contributed by atoms with Gasteiger partial charge >= 0.3 is 11.9 Å². The zero-order valence-electron chi connectivity index (χ0n) is 29.6. The summed E-state index contributed by atoms with van der Waals surface area (Å²) in [6, 6.07) is 5.40. The number of carbonyl (C=O) groups excluding carboxylic acids is 3. The minimum Gasteiger partial charge on any atom is -0.457 e. The minimum atomic E-state index is -2.12. The van der Waals surface area contributed by atoms with Crippen LogP contribution in [0, 0.1) is 52.4 Å². The van der Waals surface area contributed by atoms with Gasteiger partial charge in [0.25, 0.3) is 0 Å². The number of fused-ring (bicyclic) bond motifs is 5. The molecule has 0 radical (unpaired) electrons. The van der Waals surface area contributed by atoms with Crippen LogP contribution in [-0.4, -0.2) is 85.3 Å². The zero-order valence-corrected chi connectivity index (χ0v) is 30.4. The summed E-state index contributed by atoms with van der Waals surface area (Å²) >= 11 is 1.25. The number of carbonyl (C=O) groups is 3. The molecule has 9 nitrogen and oxygen atoms in total. The zero-order chi connectivity index (χ0) is 38.8. The Hall–Kier alpha value is -3.56. The third-order valence-corrected chi connectivity index (χ3v) is 13.0. The lowest BCUT2D eigenvalue weighted by Crippen LogP contribution is -2.66. The number of hydrogen-bond acceptors (Lipinski definition) is 10. The molecule has 53 heavy (non-hydrogen) atoms. The Labute approximate surface area is 308 Å². The van der Waals surface area contributed by atoms with Crippen molar-refractivity contribution in [3.8, 4) is 0 Å². The lowest BCUT2D eigenvalue weighted by Gasteiger charge is -2.53. The number of aliphatic hydroxyl groups excluding tert-OH is 2. The molecule has 6 rings (SSSR count). The molecule has 1 unspecified atom stereocenters. The van der Waals surface area contributed by atoms with E-state index in [-0.39, 0.29) is 34.6 Å². The van der Waals surface area contributed by atoms with Gasteiger partial charge in [-0.25, -0.2) is 17.6 Å². The van der Waals surface area contributed by atoms with Gasteiger partial charge in [-0.15, -0.1) is 0 Å². The number of halogens is 4. The second-order valence-electron chi connectivity index (χ2n) is 15.3. The van der Waals surface area contributed by atoms with Gasteiger partial charge in [-0.2, -0.15) is 11.8 Å². The molecule has 2 aromatic carbocycles. The minimum absolute atomic E-state index is 0.134. The normalized spacial score (nSPS) is 33.1. The number of hydrogen-bond donors (Lipinski definition) is 4. The van der Waals surface area contributed by atoms with E-state index in [1.807, 2.05) is 0 Å². The first-order valence-corrected chi connectivity index (χ1v) is 18.5. The van der Waals surface area contributed by atoms with Crippen LogP contribution < -0.4 is 0 Å². The summed E-state index contributed by atoms with van der Waals surface area (Å²) in [4.78, 5) is 41.1. The van der Waals surface area contributed by atoms with E-state index < -0.39 is 119 Å². The number of benzene rings is 2. The van der Waals surface area contributed by atoms with E-state index in [9.17, 15) is 52.4 Å². The molecule has 4 N–H and O–H groups in total. The molecule has 2 aromatic rings. The van der Waals surface area contributed by atoms with Crippen molar-refractivity contribution in [3.63, 3.8) is 0 Å². The van der Waals surface area contributed by atoms with Crippen LogP contribution in [0.1, 0.15) is 45.2 Å². The van der Waals surface area contributed by atoms with Crippen molar-refractivity contribution < 1.29 is 61.8 Å². The predicted octanol–water partition coefficient (Wildman–Crippen LogP) is 4.17. The number of ketones is 1. The molecule has 0 saturated heterocycles. The first kappa shape index (κ1) is 39.1. The molecule has 4 aliphatic carbocycles. The Morgan fingerprint density at radius 1 is 0.962 bits per heavy atom. The topological polar surface area (TPSA) is 151 Å². The van der Waals surface area contributed by atoms with Crippen LogP contribution in [0.15, 0.2) is 59.7 Å². The van der Waals surface area contributed by atoms with Gasteiger partial charge in [0.2, 0.25) is 0 Å². The molecule has 286 valence electrons. The molecule has 4 aliphatic rings. The van der Waals surface area contributed by atoms with Gasteiger partial charge in [0.05, 0.1) is 31.2 Å². The number of Topliss-reactive ketones (excluding diaryl/α,β-unsaturated/α-hetero) is 1. The summed E-state index contributed by atoms with van der Waals surface area (Å²) in [6.45, 7) is 6.06. The Kier molecular flexibility index (Phi) is 10.3. The average molecular weight is 763 g/mol. The Morgan fingerprint density at radius 2 is 1.55 bits per heavy atom. The molecule has 2 saturated carbocycles. The van der Waals surface area contributed by atoms with Crippen molar-refractivity contribution in [1.29, 1.82) is 0 Å². The molecular formula is C39H42F4O9S. The van der Waals surface area contributed by atoms with Crippen LogP contribution in [0.5, 0.6) is 0 Å². The molecular weight excluding hydrogens is 720 g/mol. The third-order valence-electron chi connectivity index (χ3n) is 11.8. The van der Waals surface area contributed by atoms with E-state index in [0.717, 1.165) is 24.3 Å². The highest BCUT2D eigenvalue weighted by molar-refractivity contribution is 7.99. The summed E-state index contributed by atoms with van der Waals surface area (Å²) in [7, 11) is 0. The Bertz CT molecular complexity index is 1900. The van der Waals surface area contributed by atoms with Crippen LogP contribution in [0.2, 0.25) is 0 Å². The maximum atomic E-state index is 14.7. The van der Waals surface area contributed by atoms with Gasteiger partial charge in [0, 0.05) is 59.1 Å². The molecule has 0 spiro atoms. The quantitative estimate of drug-likeness (QED) is 0.149. The van der Waals surface area contributed by atoms with Crippen molar-refractivity contribution in [2.75, 3.05) is 18.1 Å². The molecule has 0 aromatic heterocycles. The molecule has 9 atom stereocenters. The molecule has 2 fully saturated rings. The highest BCUT2D eigenvalue weighted by Crippen LogP contribution is 2.77. The average Bonchev–Trinajstić information content (AvgIpc) is 3.51. The number of aliphatic hydroxyl groups is 4. The number of rotatable bonds is 11. The van der Waals surface area contributed by atoms with Crippen molar-refractivity contribution in [2.24, 2.45) is 29.1 Å². The maximum absolute atomic E-state index is 14.7. The third kappa shape index (κ3) is 6.43. The van der Waals surface area contributed by atoms with Crippen molar-refractivity contribution in [3.05, 3.63) is 94.1 Å². The van der Waals surface area contributed by atoms with Gasteiger partial charge < -0.3 is 29.9 Å². The van der Waals surface area contributed by atoms with Crippen LogP contribution in [0.4, 0.5) is 17.6 Å². The smallest absolute Gasteiger partial charge is 0.311 e. The highest BCUT2D eigenvalue weighted by atomic mass is 32.2. The van der Waals surface area contributed by atoms with Gasteiger partial charge in [0.15, 0.2) is 11.4 Å². The Morgan fingerprint density at radius 3 is 2.11 bits per heavy atom. The number of esters is 2. The van der Waals surface area contributed by atoms with Gasteiger partial charge in [-0.1, -0.05) is 50.6 Å². The van der Waals surface area contributed by atoms with Crippen LogP contribution in [0.3, 0.4) is 0 Å². The van der Waals surface area contributed by atoms with E-state index >= 15 is 0 Å².